The van der Waals surface area contributed by atoms with Crippen molar-refractivity contribution in [3.8, 4) is 0 Å². The summed E-state index contributed by atoms with van der Waals surface area (Å²) < 4.78 is 0. The number of hydrogen-bond donors (Lipinski definition) is 1. The van der Waals surface area contributed by atoms with Crippen LogP contribution in [0, 0.1) is 17.8 Å². The molecule has 4 atom stereocenters. The van der Waals surface area contributed by atoms with Crippen molar-refractivity contribution in [1.82, 2.24) is 10.2 Å². The van der Waals surface area contributed by atoms with Crippen LogP contribution in [0.2, 0.25) is 0 Å². The fourth-order valence-corrected chi connectivity index (χ4v) is 4.31. The molecule has 5 heteroatoms. The summed E-state index contributed by atoms with van der Waals surface area (Å²) in [5.41, 5.74) is 0. The van der Waals surface area contributed by atoms with Crippen LogP contribution in [0.5, 0.6) is 0 Å². The summed E-state index contributed by atoms with van der Waals surface area (Å²) in [6, 6.07) is 0.191. The molecule has 1 N–H and O–H groups in total. The predicted molar refractivity (Wildman–Crippen MR) is 81.7 cm³/mol. The predicted octanol–water partition coefficient (Wildman–Crippen LogP) is 1.86. The van der Waals surface area contributed by atoms with Gasteiger partial charge in [-0.1, -0.05) is 32.6 Å². The van der Waals surface area contributed by atoms with Gasteiger partial charge in [-0.25, -0.2) is 0 Å². The molecule has 2 saturated carbocycles. The largest absolute Gasteiger partial charge is 0.352 e. The zero-order valence-corrected chi connectivity index (χ0v) is 13.3. The maximum atomic E-state index is 12.4. The Labute approximate surface area is 131 Å². The van der Waals surface area contributed by atoms with Gasteiger partial charge in [0.05, 0.1) is 11.8 Å². The van der Waals surface area contributed by atoms with Crippen LogP contribution in [0.15, 0.2) is 0 Å². The van der Waals surface area contributed by atoms with Crippen molar-refractivity contribution in [2.24, 2.45) is 17.8 Å². The number of likely N-dealkylation sites (tertiary alicyclic amines) is 1. The highest BCUT2D eigenvalue weighted by Crippen LogP contribution is 2.37. The van der Waals surface area contributed by atoms with Gasteiger partial charge in [-0.15, -0.1) is 0 Å². The monoisotopic (exact) mass is 306 g/mol. The van der Waals surface area contributed by atoms with Gasteiger partial charge in [-0.05, 0) is 31.6 Å². The van der Waals surface area contributed by atoms with Crippen LogP contribution >= 0.6 is 0 Å². The zero-order valence-electron chi connectivity index (χ0n) is 13.3. The van der Waals surface area contributed by atoms with E-state index in [-0.39, 0.29) is 42.1 Å². The second-order valence-electron chi connectivity index (χ2n) is 7.20. The highest BCUT2D eigenvalue weighted by atomic mass is 16.2. The molecule has 3 amide bonds. The summed E-state index contributed by atoms with van der Waals surface area (Å²) in [6.07, 6.45) is 8.12. The van der Waals surface area contributed by atoms with Crippen LogP contribution in [-0.4, -0.2) is 35.2 Å². The minimum Gasteiger partial charge on any atom is -0.352 e. The quantitative estimate of drug-likeness (QED) is 0.809. The van der Waals surface area contributed by atoms with Crippen LogP contribution < -0.4 is 5.32 Å². The standard InChI is InChI=1S/C17H26N2O3/c1-11-6-2-5-9-14(11)18-15(20)10-19-16(21)12-7-3-4-8-13(12)17(19)22/h11-14H,2-10H2,1H3,(H,18,20). The van der Waals surface area contributed by atoms with E-state index in [4.69, 9.17) is 0 Å². The summed E-state index contributed by atoms with van der Waals surface area (Å²) >= 11 is 0. The average Bonchev–Trinajstić information content (AvgIpc) is 2.75. The number of rotatable bonds is 3. The Bertz CT molecular complexity index is 453. The van der Waals surface area contributed by atoms with E-state index in [1.54, 1.807) is 0 Å². The van der Waals surface area contributed by atoms with Gasteiger partial charge in [0.1, 0.15) is 6.54 Å². The SMILES string of the molecule is CC1CCCCC1NC(=O)CN1C(=O)C2CCCCC2C1=O. The first kappa shape index (κ1) is 15.5. The van der Waals surface area contributed by atoms with Gasteiger partial charge >= 0.3 is 0 Å². The van der Waals surface area contributed by atoms with Crippen molar-refractivity contribution in [2.45, 2.75) is 64.3 Å². The van der Waals surface area contributed by atoms with Gasteiger partial charge in [0.2, 0.25) is 17.7 Å². The number of amides is 3. The molecular formula is C17H26N2O3. The van der Waals surface area contributed by atoms with E-state index in [1.165, 1.54) is 11.3 Å². The second-order valence-corrected chi connectivity index (χ2v) is 7.20. The van der Waals surface area contributed by atoms with Gasteiger partial charge in [0.15, 0.2) is 0 Å². The molecule has 2 aliphatic carbocycles. The number of carbonyl (C=O) groups excluding carboxylic acids is 3. The summed E-state index contributed by atoms with van der Waals surface area (Å²) in [6.45, 7) is 2.07. The summed E-state index contributed by atoms with van der Waals surface area (Å²) in [4.78, 5) is 38.2. The van der Waals surface area contributed by atoms with Crippen LogP contribution in [0.25, 0.3) is 0 Å². The van der Waals surface area contributed by atoms with E-state index in [0.717, 1.165) is 44.9 Å². The fraction of sp³-hybridized carbons (Fsp3) is 0.824. The van der Waals surface area contributed by atoms with Gasteiger partial charge in [-0.2, -0.15) is 0 Å². The van der Waals surface area contributed by atoms with E-state index in [0.29, 0.717) is 5.92 Å². The number of nitrogens with one attached hydrogen (secondary N) is 1. The number of hydrogen-bond acceptors (Lipinski definition) is 3. The molecule has 3 rings (SSSR count). The molecular weight excluding hydrogens is 280 g/mol. The smallest absolute Gasteiger partial charge is 0.240 e. The molecule has 1 heterocycles. The Morgan fingerprint density at radius 1 is 1.00 bits per heavy atom. The van der Waals surface area contributed by atoms with E-state index in [2.05, 4.69) is 12.2 Å². The first-order valence-electron chi connectivity index (χ1n) is 8.72. The molecule has 0 spiro atoms. The lowest BCUT2D eigenvalue weighted by atomic mass is 9.81. The average molecular weight is 306 g/mol. The molecule has 122 valence electrons. The lowest BCUT2D eigenvalue weighted by Crippen LogP contribution is -2.47. The van der Waals surface area contributed by atoms with Crippen molar-refractivity contribution < 1.29 is 14.4 Å². The fourth-order valence-electron chi connectivity index (χ4n) is 4.31. The maximum absolute atomic E-state index is 12.4. The molecule has 0 aromatic carbocycles. The maximum Gasteiger partial charge on any atom is 0.240 e. The third-order valence-electron chi connectivity index (χ3n) is 5.69. The van der Waals surface area contributed by atoms with Crippen molar-refractivity contribution in [3.05, 3.63) is 0 Å². The minimum atomic E-state index is -0.181. The first-order chi connectivity index (χ1) is 10.6. The molecule has 22 heavy (non-hydrogen) atoms. The summed E-state index contributed by atoms with van der Waals surface area (Å²) in [5.74, 6) is -0.280. The molecule has 1 aliphatic heterocycles. The van der Waals surface area contributed by atoms with E-state index < -0.39 is 0 Å². The molecule has 0 aromatic rings. The topological polar surface area (TPSA) is 66.5 Å². The Hall–Kier alpha value is -1.39. The second kappa shape index (κ2) is 6.39. The van der Waals surface area contributed by atoms with Gasteiger partial charge in [0.25, 0.3) is 0 Å². The van der Waals surface area contributed by atoms with E-state index in [1.807, 2.05) is 0 Å². The Kier molecular flexibility index (Phi) is 4.50. The molecule has 3 fully saturated rings. The molecule has 3 aliphatic rings. The lowest BCUT2D eigenvalue weighted by Gasteiger charge is -2.30. The molecule has 4 unspecified atom stereocenters. The van der Waals surface area contributed by atoms with Gasteiger partial charge in [-0.3, -0.25) is 19.3 Å². The van der Waals surface area contributed by atoms with Crippen molar-refractivity contribution in [1.29, 1.82) is 0 Å². The van der Waals surface area contributed by atoms with Crippen LogP contribution in [0.4, 0.5) is 0 Å². The number of nitrogens with zero attached hydrogens (tertiary/aromatic N) is 1. The lowest BCUT2D eigenvalue weighted by molar-refractivity contribution is -0.143. The summed E-state index contributed by atoms with van der Waals surface area (Å²) in [5, 5.41) is 3.03. The number of fused-ring (bicyclic) bond motifs is 1. The van der Waals surface area contributed by atoms with Crippen molar-refractivity contribution >= 4 is 17.7 Å². The molecule has 5 nitrogen and oxygen atoms in total. The summed E-state index contributed by atoms with van der Waals surface area (Å²) in [7, 11) is 0. The highest BCUT2D eigenvalue weighted by molar-refractivity contribution is 6.07. The van der Waals surface area contributed by atoms with Crippen LogP contribution in [-0.2, 0) is 14.4 Å². The van der Waals surface area contributed by atoms with Gasteiger partial charge in [0, 0.05) is 6.04 Å². The molecule has 0 aromatic heterocycles. The van der Waals surface area contributed by atoms with Crippen molar-refractivity contribution in [3.63, 3.8) is 0 Å². The van der Waals surface area contributed by atoms with Crippen LogP contribution in [0.1, 0.15) is 58.3 Å². The van der Waals surface area contributed by atoms with E-state index in [9.17, 15) is 14.4 Å². The first-order valence-corrected chi connectivity index (χ1v) is 8.72. The van der Waals surface area contributed by atoms with E-state index >= 15 is 0 Å². The Balaban J connectivity index is 1.59. The molecule has 1 saturated heterocycles. The minimum absolute atomic E-state index is 0.0894. The van der Waals surface area contributed by atoms with Crippen LogP contribution in [0.3, 0.4) is 0 Å². The highest BCUT2D eigenvalue weighted by Gasteiger charge is 2.48. The van der Waals surface area contributed by atoms with Gasteiger partial charge < -0.3 is 5.32 Å². The Morgan fingerprint density at radius 3 is 2.14 bits per heavy atom. The zero-order chi connectivity index (χ0) is 15.7. The normalized spacial score (nSPS) is 35.4. The molecule has 0 bridgehead atoms. The third-order valence-corrected chi connectivity index (χ3v) is 5.69. The number of carbonyl (C=O) groups is 3. The molecule has 0 radical (unpaired) electrons. The third kappa shape index (κ3) is 2.90. The Morgan fingerprint density at radius 2 is 1.55 bits per heavy atom. The number of imide groups is 1. The van der Waals surface area contributed by atoms with Crippen molar-refractivity contribution in [2.75, 3.05) is 6.54 Å².